The maximum absolute atomic E-state index is 12.5. The van der Waals surface area contributed by atoms with Crippen LogP contribution >= 0.6 is 0 Å². The van der Waals surface area contributed by atoms with E-state index in [1.165, 1.54) is 11.3 Å². The average molecular weight is 350 g/mol. The number of fused-ring (bicyclic) bond motifs is 1. The van der Waals surface area contributed by atoms with Gasteiger partial charge in [0.1, 0.15) is 0 Å². The van der Waals surface area contributed by atoms with Crippen molar-refractivity contribution in [3.63, 3.8) is 0 Å². The Labute approximate surface area is 154 Å². The summed E-state index contributed by atoms with van der Waals surface area (Å²) in [5, 5.41) is 4.08. The fraction of sp³-hybridized carbons (Fsp3) is 0.286. The summed E-state index contributed by atoms with van der Waals surface area (Å²) in [6.45, 7) is 1.21. The lowest BCUT2D eigenvalue weighted by atomic mass is 10.1. The summed E-state index contributed by atoms with van der Waals surface area (Å²) < 4.78 is 0. The van der Waals surface area contributed by atoms with E-state index in [0.29, 0.717) is 18.7 Å². The Morgan fingerprint density at radius 1 is 1.12 bits per heavy atom. The summed E-state index contributed by atoms with van der Waals surface area (Å²) in [7, 11) is 4.05. The van der Waals surface area contributed by atoms with Gasteiger partial charge in [0.05, 0.1) is 0 Å². The van der Waals surface area contributed by atoms with E-state index >= 15 is 0 Å². The minimum absolute atomic E-state index is 0.0447. The molecule has 0 saturated carbocycles. The molecular weight excluding hydrogens is 324 g/mol. The molecule has 26 heavy (non-hydrogen) atoms. The second kappa shape index (κ2) is 8.06. The third kappa shape index (κ3) is 4.06. The van der Waals surface area contributed by atoms with Gasteiger partial charge in [0.15, 0.2) is 0 Å². The molecular formula is C21H26N4O. The summed E-state index contributed by atoms with van der Waals surface area (Å²) >= 11 is 0. The second-order valence-electron chi connectivity index (χ2n) is 6.68. The number of amides is 1. The van der Waals surface area contributed by atoms with Crippen molar-refractivity contribution in [1.29, 1.82) is 0 Å². The molecule has 1 heterocycles. The zero-order chi connectivity index (χ0) is 18.5. The monoisotopic (exact) mass is 350 g/mol. The molecule has 0 aliphatic carbocycles. The number of nitrogens with one attached hydrogen (secondary N) is 2. The SMILES string of the molecule is CN(C)c1ccc(CCNC(=O)c2ccc3[nH]cc(CCN)c3c2)cc1. The van der Waals surface area contributed by atoms with Gasteiger partial charge in [-0.2, -0.15) is 0 Å². The Kier molecular flexibility index (Phi) is 5.58. The van der Waals surface area contributed by atoms with Crippen molar-refractivity contribution in [3.05, 3.63) is 65.4 Å². The Morgan fingerprint density at radius 3 is 2.58 bits per heavy atom. The zero-order valence-corrected chi connectivity index (χ0v) is 15.4. The van der Waals surface area contributed by atoms with Crippen LogP contribution in [0.2, 0.25) is 0 Å². The van der Waals surface area contributed by atoms with E-state index in [9.17, 15) is 4.79 Å². The van der Waals surface area contributed by atoms with E-state index in [2.05, 4.69) is 39.5 Å². The molecule has 0 saturated heterocycles. The lowest BCUT2D eigenvalue weighted by Crippen LogP contribution is -2.25. The van der Waals surface area contributed by atoms with Crippen LogP contribution in [0.15, 0.2) is 48.7 Å². The summed E-state index contributed by atoms with van der Waals surface area (Å²) in [5.74, 6) is -0.0447. The third-order valence-electron chi connectivity index (χ3n) is 4.60. The van der Waals surface area contributed by atoms with Gasteiger partial charge in [-0.05, 0) is 60.8 Å². The first-order valence-corrected chi connectivity index (χ1v) is 8.93. The molecule has 1 amide bonds. The molecule has 136 valence electrons. The largest absolute Gasteiger partial charge is 0.378 e. The first kappa shape index (κ1) is 18.0. The molecule has 0 aliphatic heterocycles. The summed E-state index contributed by atoms with van der Waals surface area (Å²) in [4.78, 5) is 17.8. The number of benzene rings is 2. The number of carbonyl (C=O) groups is 1. The van der Waals surface area contributed by atoms with Gasteiger partial charge in [-0.25, -0.2) is 0 Å². The average Bonchev–Trinajstić information content (AvgIpc) is 3.04. The molecule has 0 unspecified atom stereocenters. The molecule has 5 heteroatoms. The predicted molar refractivity (Wildman–Crippen MR) is 108 cm³/mol. The maximum Gasteiger partial charge on any atom is 0.251 e. The van der Waals surface area contributed by atoms with Crippen LogP contribution in [0.3, 0.4) is 0 Å². The Bertz CT molecular complexity index is 881. The first-order valence-electron chi connectivity index (χ1n) is 8.93. The van der Waals surface area contributed by atoms with Crippen LogP contribution in [0.25, 0.3) is 10.9 Å². The Balaban J connectivity index is 1.61. The molecule has 0 bridgehead atoms. The van der Waals surface area contributed by atoms with Gasteiger partial charge in [0, 0.05) is 49.0 Å². The highest BCUT2D eigenvalue weighted by Gasteiger charge is 2.09. The molecule has 3 aromatic rings. The smallest absolute Gasteiger partial charge is 0.251 e. The zero-order valence-electron chi connectivity index (χ0n) is 15.4. The van der Waals surface area contributed by atoms with Crippen LogP contribution in [0.5, 0.6) is 0 Å². The van der Waals surface area contributed by atoms with E-state index in [-0.39, 0.29) is 5.91 Å². The van der Waals surface area contributed by atoms with E-state index in [1.807, 2.05) is 38.5 Å². The van der Waals surface area contributed by atoms with E-state index in [4.69, 9.17) is 5.73 Å². The van der Waals surface area contributed by atoms with Gasteiger partial charge in [-0.15, -0.1) is 0 Å². The number of carbonyl (C=O) groups excluding carboxylic acids is 1. The van der Waals surface area contributed by atoms with Crippen molar-refractivity contribution in [1.82, 2.24) is 10.3 Å². The van der Waals surface area contributed by atoms with Crippen LogP contribution < -0.4 is 16.0 Å². The highest BCUT2D eigenvalue weighted by Crippen LogP contribution is 2.20. The molecule has 2 aromatic carbocycles. The van der Waals surface area contributed by atoms with Crippen LogP contribution in [0.4, 0.5) is 5.69 Å². The highest BCUT2D eigenvalue weighted by atomic mass is 16.1. The van der Waals surface area contributed by atoms with Crippen molar-refractivity contribution in [2.24, 2.45) is 5.73 Å². The van der Waals surface area contributed by atoms with Crippen molar-refractivity contribution in [3.8, 4) is 0 Å². The minimum Gasteiger partial charge on any atom is -0.378 e. The van der Waals surface area contributed by atoms with Crippen LogP contribution in [0, 0.1) is 0 Å². The Morgan fingerprint density at radius 2 is 1.88 bits per heavy atom. The summed E-state index contributed by atoms with van der Waals surface area (Å²) in [5.41, 5.74) is 10.9. The molecule has 0 spiro atoms. The fourth-order valence-corrected chi connectivity index (χ4v) is 3.07. The molecule has 3 rings (SSSR count). The lowest BCUT2D eigenvalue weighted by molar-refractivity contribution is 0.0954. The third-order valence-corrected chi connectivity index (χ3v) is 4.60. The van der Waals surface area contributed by atoms with Crippen LogP contribution in [0.1, 0.15) is 21.5 Å². The molecule has 0 fully saturated rings. The maximum atomic E-state index is 12.5. The Hall–Kier alpha value is -2.79. The number of H-pyrrole nitrogens is 1. The number of hydrogen-bond donors (Lipinski definition) is 3. The molecule has 1 aromatic heterocycles. The fourth-order valence-electron chi connectivity index (χ4n) is 3.07. The van der Waals surface area contributed by atoms with Crippen molar-refractivity contribution < 1.29 is 4.79 Å². The van der Waals surface area contributed by atoms with Crippen molar-refractivity contribution >= 4 is 22.5 Å². The number of aromatic nitrogens is 1. The number of nitrogens with two attached hydrogens (primary N) is 1. The van der Waals surface area contributed by atoms with Gasteiger partial charge in [0.25, 0.3) is 5.91 Å². The number of anilines is 1. The number of nitrogens with zero attached hydrogens (tertiary/aromatic N) is 1. The quantitative estimate of drug-likeness (QED) is 0.613. The van der Waals surface area contributed by atoms with Gasteiger partial charge in [-0.1, -0.05) is 12.1 Å². The lowest BCUT2D eigenvalue weighted by Gasteiger charge is -2.12. The number of rotatable bonds is 7. The first-order chi connectivity index (χ1) is 12.6. The normalized spacial score (nSPS) is 10.9. The van der Waals surface area contributed by atoms with Crippen molar-refractivity contribution in [2.75, 3.05) is 32.1 Å². The number of hydrogen-bond acceptors (Lipinski definition) is 3. The second-order valence-corrected chi connectivity index (χ2v) is 6.68. The van der Waals surface area contributed by atoms with E-state index in [0.717, 1.165) is 29.3 Å². The molecule has 0 aliphatic rings. The molecule has 0 radical (unpaired) electrons. The minimum atomic E-state index is -0.0447. The molecule has 5 nitrogen and oxygen atoms in total. The summed E-state index contributed by atoms with van der Waals surface area (Å²) in [6, 6.07) is 14.1. The molecule has 0 atom stereocenters. The van der Waals surface area contributed by atoms with Crippen molar-refractivity contribution in [2.45, 2.75) is 12.8 Å². The van der Waals surface area contributed by atoms with E-state index < -0.39 is 0 Å². The van der Waals surface area contributed by atoms with Crippen LogP contribution in [-0.4, -0.2) is 38.1 Å². The van der Waals surface area contributed by atoms with Gasteiger partial charge < -0.3 is 20.9 Å². The predicted octanol–water partition coefficient (Wildman–Crippen LogP) is 2.71. The van der Waals surface area contributed by atoms with Crippen LogP contribution in [-0.2, 0) is 12.8 Å². The highest BCUT2D eigenvalue weighted by molar-refractivity contribution is 5.98. The standard InChI is InChI=1S/C21H26N4O/c1-25(2)18-6-3-15(4-7-18)10-12-23-21(26)16-5-8-20-19(13-16)17(9-11-22)14-24-20/h3-8,13-14,24H,9-12,22H2,1-2H3,(H,23,26). The molecule has 4 N–H and O–H groups in total. The topological polar surface area (TPSA) is 74.2 Å². The van der Waals surface area contributed by atoms with E-state index in [1.54, 1.807) is 0 Å². The van der Waals surface area contributed by atoms with Gasteiger partial charge in [-0.3, -0.25) is 4.79 Å². The van der Waals surface area contributed by atoms with Gasteiger partial charge in [0.2, 0.25) is 0 Å². The van der Waals surface area contributed by atoms with Gasteiger partial charge >= 0.3 is 0 Å². The number of aromatic amines is 1. The summed E-state index contributed by atoms with van der Waals surface area (Å²) in [6.07, 6.45) is 3.58.